The Labute approximate surface area is 176 Å². The largest absolute Gasteiger partial charge is 0.376 e. The van der Waals surface area contributed by atoms with E-state index in [1.54, 1.807) is 0 Å². The Balaban J connectivity index is 0.000000311. The van der Waals surface area contributed by atoms with Crippen LogP contribution < -0.4 is 32.7 Å². The predicted molar refractivity (Wildman–Crippen MR) is 108 cm³/mol. The summed E-state index contributed by atoms with van der Waals surface area (Å²) in [6.07, 6.45) is -1.50. The monoisotopic (exact) mass is 446 g/mol. The van der Waals surface area contributed by atoms with Crippen LogP contribution in [0.15, 0.2) is 0 Å². The average Bonchev–Trinajstić information content (AvgIpc) is 2.73. The normalized spacial score (nSPS) is 10.8. The summed E-state index contributed by atoms with van der Waals surface area (Å²) < 4.78 is 14.9. The maximum atomic E-state index is 8.85. The number of aliphatic hydroxyl groups is 3. The molecule has 0 unspecified atom stereocenters. The molecule has 0 aromatic carbocycles. The van der Waals surface area contributed by atoms with Gasteiger partial charge in [-0.1, -0.05) is 0 Å². The zero-order valence-electron chi connectivity index (χ0n) is 17.1. The van der Waals surface area contributed by atoms with E-state index in [4.69, 9.17) is 46.7 Å². The summed E-state index contributed by atoms with van der Waals surface area (Å²) in [5, 5.41) is 31.3. The summed E-state index contributed by atoms with van der Waals surface area (Å²) in [5.74, 6) is 0.0353. The van der Waals surface area contributed by atoms with Crippen molar-refractivity contribution in [3.8, 4) is 0 Å². The number of aromatic nitrogens is 6. The van der Waals surface area contributed by atoms with Crippen molar-refractivity contribution in [3.63, 3.8) is 0 Å². The number of nitrogens with zero attached hydrogens (tertiary/aromatic N) is 7. The lowest BCUT2D eigenvalue weighted by Crippen LogP contribution is -2.44. The number of anilines is 6. The highest BCUT2D eigenvalue weighted by Crippen LogP contribution is 2.15. The molecule has 18 nitrogen and oxygen atoms in total. The SMILES string of the molecule is COC(Nc1nc(N)nc(N)n1)(OC)OC.Nc1nc(NCO)nc(N(CO)CO)n1. The minimum absolute atomic E-state index is 0.0171. The molecule has 2 rings (SSSR count). The van der Waals surface area contributed by atoms with Crippen LogP contribution in [-0.4, -0.2) is 92.8 Å². The van der Waals surface area contributed by atoms with Crippen molar-refractivity contribution in [2.75, 3.05) is 74.3 Å². The van der Waals surface area contributed by atoms with Gasteiger partial charge in [-0.05, 0) is 0 Å². The Morgan fingerprint density at radius 2 is 1.26 bits per heavy atom. The van der Waals surface area contributed by atoms with Crippen molar-refractivity contribution in [1.82, 2.24) is 29.9 Å². The van der Waals surface area contributed by atoms with Crippen LogP contribution in [0, 0.1) is 0 Å². The Hall–Kier alpha value is -3.42. The van der Waals surface area contributed by atoms with Crippen LogP contribution in [0.25, 0.3) is 0 Å². The van der Waals surface area contributed by atoms with E-state index in [1.165, 1.54) is 21.3 Å². The second-order valence-electron chi connectivity index (χ2n) is 5.14. The second kappa shape index (κ2) is 12.3. The summed E-state index contributed by atoms with van der Waals surface area (Å²) in [6.45, 7) is -1.28. The van der Waals surface area contributed by atoms with Gasteiger partial charge in [0.15, 0.2) is 0 Å². The summed E-state index contributed by atoms with van der Waals surface area (Å²) >= 11 is 0. The molecule has 0 bridgehead atoms. The van der Waals surface area contributed by atoms with Crippen LogP contribution in [0.4, 0.5) is 35.7 Å². The molecule has 31 heavy (non-hydrogen) atoms. The van der Waals surface area contributed by atoms with E-state index >= 15 is 0 Å². The third-order valence-electron chi connectivity index (χ3n) is 3.24. The van der Waals surface area contributed by atoms with Crippen molar-refractivity contribution < 1.29 is 29.5 Å². The maximum absolute atomic E-state index is 8.85. The topological polar surface area (TPSA) is 271 Å². The number of hydrogen-bond donors (Lipinski definition) is 8. The van der Waals surface area contributed by atoms with E-state index in [0.717, 1.165) is 4.90 Å². The molecule has 0 saturated heterocycles. The molecule has 0 aliphatic rings. The molecule has 0 spiro atoms. The number of ether oxygens (including phenoxy) is 3. The van der Waals surface area contributed by atoms with Crippen LogP contribution in [-0.2, 0) is 14.2 Å². The number of nitrogen functional groups attached to an aromatic ring is 3. The van der Waals surface area contributed by atoms with Gasteiger partial charge in [-0.15, -0.1) is 0 Å². The summed E-state index contributed by atoms with van der Waals surface area (Å²) in [6, 6.07) is 0. The van der Waals surface area contributed by atoms with Gasteiger partial charge in [0.05, 0.1) is 0 Å². The molecule has 0 amide bonds. The van der Waals surface area contributed by atoms with Crippen LogP contribution in [0.3, 0.4) is 0 Å². The lowest BCUT2D eigenvalue weighted by Gasteiger charge is -2.28. The van der Waals surface area contributed by atoms with Gasteiger partial charge in [0.1, 0.15) is 20.2 Å². The predicted octanol–water partition coefficient (Wildman–Crippen LogP) is -3.48. The van der Waals surface area contributed by atoms with Crippen molar-refractivity contribution in [3.05, 3.63) is 0 Å². The first-order valence-corrected chi connectivity index (χ1v) is 8.29. The highest BCUT2D eigenvalue weighted by atomic mass is 16.9. The van der Waals surface area contributed by atoms with Crippen LogP contribution >= 0.6 is 0 Å². The molecule has 0 aliphatic heterocycles. The zero-order chi connectivity index (χ0) is 23.4. The van der Waals surface area contributed by atoms with Crippen molar-refractivity contribution >= 4 is 35.7 Å². The fourth-order valence-electron chi connectivity index (χ4n) is 1.85. The van der Waals surface area contributed by atoms with E-state index < -0.39 is 19.6 Å². The second-order valence-corrected chi connectivity index (χ2v) is 5.14. The molecule has 2 aromatic heterocycles. The van der Waals surface area contributed by atoms with Crippen molar-refractivity contribution in [2.45, 2.75) is 6.10 Å². The highest BCUT2D eigenvalue weighted by Gasteiger charge is 2.31. The molecular formula is C13H26N12O6. The fourth-order valence-corrected chi connectivity index (χ4v) is 1.85. The third-order valence-corrected chi connectivity index (χ3v) is 3.24. The molecular weight excluding hydrogens is 420 g/mol. The molecule has 174 valence electrons. The van der Waals surface area contributed by atoms with Crippen molar-refractivity contribution in [2.24, 2.45) is 0 Å². The lowest BCUT2D eigenvalue weighted by molar-refractivity contribution is -0.333. The molecule has 2 aromatic rings. The zero-order valence-corrected chi connectivity index (χ0v) is 17.1. The van der Waals surface area contributed by atoms with Crippen LogP contribution in [0.5, 0.6) is 0 Å². The number of aliphatic hydroxyl groups excluding tert-OH is 3. The smallest absolute Gasteiger partial charge is 0.376 e. The van der Waals surface area contributed by atoms with Gasteiger partial charge < -0.3 is 52.0 Å². The van der Waals surface area contributed by atoms with Gasteiger partial charge in [-0.2, -0.15) is 29.9 Å². The Bertz CT molecular complexity index is 778. The van der Waals surface area contributed by atoms with E-state index in [2.05, 4.69) is 40.5 Å². The first kappa shape index (κ1) is 25.6. The minimum atomic E-state index is -1.50. The van der Waals surface area contributed by atoms with Gasteiger partial charge in [0.2, 0.25) is 35.7 Å². The van der Waals surface area contributed by atoms with Crippen LogP contribution in [0.2, 0.25) is 0 Å². The molecule has 0 radical (unpaired) electrons. The molecule has 0 saturated carbocycles. The molecule has 0 atom stereocenters. The first-order chi connectivity index (χ1) is 14.8. The fraction of sp³-hybridized carbons (Fsp3) is 0.538. The van der Waals surface area contributed by atoms with Gasteiger partial charge in [-0.25, -0.2) is 0 Å². The molecule has 0 aliphatic carbocycles. The van der Waals surface area contributed by atoms with E-state index in [1.807, 2.05) is 0 Å². The minimum Gasteiger partial charge on any atom is -0.376 e. The number of rotatable bonds is 10. The molecule has 11 N–H and O–H groups in total. The quantitative estimate of drug-likeness (QED) is 0.164. The highest BCUT2D eigenvalue weighted by molar-refractivity contribution is 5.41. The number of hydrogen-bond acceptors (Lipinski definition) is 18. The number of methoxy groups -OCH3 is 3. The van der Waals surface area contributed by atoms with Gasteiger partial charge >= 0.3 is 6.10 Å². The number of nitrogens with two attached hydrogens (primary N) is 3. The Morgan fingerprint density at radius 3 is 1.71 bits per heavy atom. The van der Waals surface area contributed by atoms with E-state index in [9.17, 15) is 0 Å². The van der Waals surface area contributed by atoms with Gasteiger partial charge in [0, 0.05) is 21.3 Å². The first-order valence-electron chi connectivity index (χ1n) is 8.29. The standard InChI is InChI=1S/C7H14N6O3.C6H12N6O3/c1-14-7(15-2,16-3)13-6-11-4(8)10-5(9)12-6;7-4-9-5(8-1-13)11-6(10-4)12(2-14)3-15/h1-3H3,(H5,8,9,10,11,12,13);13-15H,1-3H2,(H3,7,8,9,10,11). The number of nitrogens with one attached hydrogen (secondary N) is 2. The van der Waals surface area contributed by atoms with E-state index in [0.29, 0.717) is 0 Å². The van der Waals surface area contributed by atoms with E-state index in [-0.39, 0.29) is 42.4 Å². The average molecular weight is 446 g/mol. The summed E-state index contributed by atoms with van der Waals surface area (Å²) in [5.41, 5.74) is 16.2. The molecule has 0 fully saturated rings. The molecule has 2 heterocycles. The molecule has 18 heteroatoms. The third kappa shape index (κ3) is 7.73. The van der Waals surface area contributed by atoms with Gasteiger partial charge in [0.25, 0.3) is 0 Å². The van der Waals surface area contributed by atoms with Crippen LogP contribution in [0.1, 0.15) is 0 Å². The maximum Gasteiger partial charge on any atom is 0.376 e. The van der Waals surface area contributed by atoms with Crippen molar-refractivity contribution in [1.29, 1.82) is 0 Å². The summed E-state index contributed by atoms with van der Waals surface area (Å²) in [7, 11) is 4.15. The summed E-state index contributed by atoms with van der Waals surface area (Å²) in [4.78, 5) is 23.4. The lowest BCUT2D eigenvalue weighted by atomic mass is 10.7. The Morgan fingerprint density at radius 1 is 0.774 bits per heavy atom. The Kier molecular flexibility index (Phi) is 10.2. The van der Waals surface area contributed by atoms with Gasteiger partial charge in [-0.3, -0.25) is 10.2 Å².